The Morgan fingerprint density at radius 2 is 1.70 bits per heavy atom. The molecule has 1 unspecified atom stereocenters. The van der Waals surface area contributed by atoms with E-state index < -0.39 is 16.1 Å². The molecule has 0 radical (unpaired) electrons. The monoisotopic (exact) mass is 430 g/mol. The molecule has 1 saturated heterocycles. The zero-order valence-electron chi connectivity index (χ0n) is 17.8. The van der Waals surface area contributed by atoms with Gasteiger partial charge in [-0.2, -0.15) is 4.31 Å². The minimum Gasteiger partial charge on any atom is -0.481 e. The number of carbonyl (C=O) groups excluding carboxylic acids is 1. The molecule has 162 valence electrons. The largest absolute Gasteiger partial charge is 0.481 e. The molecule has 6 nitrogen and oxygen atoms in total. The standard InChI is InChI=1S/C23H30N2O4S/c1-4-22(29-20-9-5-17(2)6-10-20)23(26)24-19-7-11-21(12-8-19)30(27,28)25-15-13-18(3)14-16-25/h5-12,18,22H,4,13-16H2,1-3H3,(H,24,26). The first-order valence-electron chi connectivity index (χ1n) is 10.4. The van der Waals surface area contributed by atoms with E-state index in [4.69, 9.17) is 4.74 Å². The Hall–Kier alpha value is -2.38. The van der Waals surface area contributed by atoms with E-state index in [1.807, 2.05) is 38.1 Å². The Balaban J connectivity index is 1.64. The molecule has 1 heterocycles. The van der Waals surface area contributed by atoms with Crippen LogP contribution in [-0.4, -0.2) is 37.8 Å². The zero-order chi connectivity index (χ0) is 21.7. The minimum absolute atomic E-state index is 0.248. The van der Waals surface area contributed by atoms with Gasteiger partial charge in [0.1, 0.15) is 5.75 Å². The lowest BCUT2D eigenvalue weighted by Gasteiger charge is -2.29. The zero-order valence-corrected chi connectivity index (χ0v) is 18.6. The summed E-state index contributed by atoms with van der Waals surface area (Å²) in [4.78, 5) is 12.9. The van der Waals surface area contributed by atoms with Gasteiger partial charge in [0.2, 0.25) is 10.0 Å². The van der Waals surface area contributed by atoms with Crippen molar-refractivity contribution in [1.82, 2.24) is 4.31 Å². The van der Waals surface area contributed by atoms with Crippen molar-refractivity contribution >= 4 is 21.6 Å². The number of hydrogen-bond acceptors (Lipinski definition) is 4. The fourth-order valence-corrected chi connectivity index (χ4v) is 4.88. The summed E-state index contributed by atoms with van der Waals surface area (Å²) in [6, 6.07) is 13.9. The highest BCUT2D eigenvalue weighted by atomic mass is 32.2. The summed E-state index contributed by atoms with van der Waals surface area (Å²) in [5.41, 5.74) is 1.66. The lowest BCUT2D eigenvalue weighted by atomic mass is 10.0. The lowest BCUT2D eigenvalue weighted by molar-refractivity contribution is -0.122. The maximum atomic E-state index is 12.8. The van der Waals surface area contributed by atoms with Crippen LogP contribution in [-0.2, 0) is 14.8 Å². The number of nitrogens with zero attached hydrogens (tertiary/aromatic N) is 1. The van der Waals surface area contributed by atoms with Crippen LogP contribution < -0.4 is 10.1 Å². The quantitative estimate of drug-likeness (QED) is 0.714. The molecular formula is C23H30N2O4S. The van der Waals surface area contributed by atoms with Crippen LogP contribution in [0, 0.1) is 12.8 Å². The average molecular weight is 431 g/mol. The van der Waals surface area contributed by atoms with E-state index in [9.17, 15) is 13.2 Å². The molecule has 0 aliphatic carbocycles. The van der Waals surface area contributed by atoms with Crippen LogP contribution in [0.3, 0.4) is 0 Å². The fourth-order valence-electron chi connectivity index (χ4n) is 3.41. The van der Waals surface area contributed by atoms with Gasteiger partial charge >= 0.3 is 0 Å². The van der Waals surface area contributed by atoms with Crippen molar-refractivity contribution in [3.8, 4) is 5.75 Å². The summed E-state index contributed by atoms with van der Waals surface area (Å²) < 4.78 is 33.0. The maximum absolute atomic E-state index is 12.8. The summed E-state index contributed by atoms with van der Waals surface area (Å²) in [5, 5.41) is 2.82. The van der Waals surface area contributed by atoms with E-state index in [1.54, 1.807) is 28.6 Å². The average Bonchev–Trinajstić information content (AvgIpc) is 2.74. The lowest BCUT2D eigenvalue weighted by Crippen LogP contribution is -2.37. The molecule has 2 aromatic rings. The SMILES string of the molecule is CCC(Oc1ccc(C)cc1)C(=O)Nc1ccc(S(=O)(=O)N2CCC(C)CC2)cc1. The Bertz CT molecular complexity index is 948. The van der Waals surface area contributed by atoms with E-state index in [0.717, 1.165) is 18.4 Å². The number of piperidine rings is 1. The topological polar surface area (TPSA) is 75.7 Å². The molecule has 30 heavy (non-hydrogen) atoms. The summed E-state index contributed by atoms with van der Waals surface area (Å²) in [7, 11) is -3.50. The predicted octanol–water partition coefficient (Wildman–Crippen LogP) is 4.21. The van der Waals surface area contributed by atoms with Crippen LogP contribution in [0.25, 0.3) is 0 Å². The van der Waals surface area contributed by atoms with E-state index >= 15 is 0 Å². The molecule has 3 rings (SSSR count). The summed E-state index contributed by atoms with van der Waals surface area (Å²) >= 11 is 0. The summed E-state index contributed by atoms with van der Waals surface area (Å²) in [5.74, 6) is 0.932. The number of hydrogen-bond donors (Lipinski definition) is 1. The Morgan fingerprint density at radius 3 is 2.27 bits per heavy atom. The first kappa shape index (κ1) is 22.3. The number of sulfonamides is 1. The van der Waals surface area contributed by atoms with Gasteiger partial charge in [0.15, 0.2) is 6.10 Å². The van der Waals surface area contributed by atoms with Gasteiger partial charge in [0, 0.05) is 18.8 Å². The number of aryl methyl sites for hydroxylation is 1. The minimum atomic E-state index is -3.50. The number of benzene rings is 2. The second-order valence-corrected chi connectivity index (χ2v) is 9.87. The van der Waals surface area contributed by atoms with E-state index in [2.05, 4.69) is 12.2 Å². The molecular weight excluding hydrogens is 400 g/mol. The van der Waals surface area contributed by atoms with Gasteiger partial charge in [-0.3, -0.25) is 4.79 Å². The van der Waals surface area contributed by atoms with Crippen LogP contribution in [0.2, 0.25) is 0 Å². The molecule has 1 aliphatic rings. The van der Waals surface area contributed by atoms with Gasteiger partial charge in [-0.25, -0.2) is 8.42 Å². The fraction of sp³-hybridized carbons (Fsp3) is 0.435. The van der Waals surface area contributed by atoms with Gasteiger partial charge < -0.3 is 10.1 Å². The third-order valence-corrected chi connectivity index (χ3v) is 7.38. The number of anilines is 1. The van der Waals surface area contributed by atoms with Gasteiger partial charge in [-0.05, 0) is 68.5 Å². The van der Waals surface area contributed by atoms with Crippen LogP contribution in [0.5, 0.6) is 5.75 Å². The van der Waals surface area contributed by atoms with E-state index in [-0.39, 0.29) is 10.8 Å². The Labute approximate surface area is 179 Å². The van der Waals surface area contributed by atoms with Crippen LogP contribution in [0.4, 0.5) is 5.69 Å². The molecule has 1 fully saturated rings. The van der Waals surface area contributed by atoms with Crippen molar-refractivity contribution in [1.29, 1.82) is 0 Å². The number of carbonyl (C=O) groups is 1. The highest BCUT2D eigenvalue weighted by Crippen LogP contribution is 2.24. The third kappa shape index (κ3) is 5.40. The van der Waals surface area contributed by atoms with Gasteiger partial charge in [-0.1, -0.05) is 31.5 Å². The summed E-state index contributed by atoms with van der Waals surface area (Å²) in [6.45, 7) is 7.12. The van der Waals surface area contributed by atoms with Crippen molar-refractivity contribution in [3.63, 3.8) is 0 Å². The van der Waals surface area contributed by atoms with Crippen LogP contribution in [0.15, 0.2) is 53.4 Å². The Kier molecular flexibility index (Phi) is 7.15. The normalized spacial score (nSPS) is 16.8. The van der Waals surface area contributed by atoms with E-state index in [0.29, 0.717) is 36.9 Å². The van der Waals surface area contributed by atoms with Gasteiger partial charge in [0.05, 0.1) is 4.90 Å². The number of rotatable bonds is 7. The maximum Gasteiger partial charge on any atom is 0.265 e. The van der Waals surface area contributed by atoms with E-state index in [1.165, 1.54) is 0 Å². The molecule has 7 heteroatoms. The van der Waals surface area contributed by atoms with Gasteiger partial charge in [-0.15, -0.1) is 0 Å². The molecule has 2 aromatic carbocycles. The number of ether oxygens (including phenoxy) is 1. The van der Waals surface area contributed by atoms with Gasteiger partial charge in [0.25, 0.3) is 5.91 Å². The van der Waals surface area contributed by atoms with Crippen LogP contribution >= 0.6 is 0 Å². The molecule has 1 atom stereocenters. The Morgan fingerprint density at radius 1 is 1.10 bits per heavy atom. The molecule has 1 aliphatic heterocycles. The van der Waals surface area contributed by atoms with Crippen molar-refractivity contribution in [2.24, 2.45) is 5.92 Å². The third-order valence-electron chi connectivity index (χ3n) is 5.46. The van der Waals surface area contributed by atoms with Crippen molar-refractivity contribution in [3.05, 3.63) is 54.1 Å². The van der Waals surface area contributed by atoms with Crippen molar-refractivity contribution in [2.75, 3.05) is 18.4 Å². The molecule has 1 amide bonds. The van der Waals surface area contributed by atoms with Crippen molar-refractivity contribution < 1.29 is 17.9 Å². The molecule has 0 spiro atoms. The highest BCUT2D eigenvalue weighted by molar-refractivity contribution is 7.89. The molecule has 0 saturated carbocycles. The second-order valence-electron chi connectivity index (χ2n) is 7.93. The van der Waals surface area contributed by atoms with Crippen LogP contribution in [0.1, 0.15) is 38.7 Å². The first-order chi connectivity index (χ1) is 14.3. The molecule has 0 bridgehead atoms. The second kappa shape index (κ2) is 9.62. The molecule has 0 aromatic heterocycles. The first-order valence-corrected chi connectivity index (χ1v) is 11.9. The van der Waals surface area contributed by atoms with Crippen molar-refractivity contribution in [2.45, 2.75) is 51.0 Å². The predicted molar refractivity (Wildman–Crippen MR) is 118 cm³/mol. The number of amides is 1. The summed E-state index contributed by atoms with van der Waals surface area (Å²) in [6.07, 6.45) is 1.64. The number of nitrogens with one attached hydrogen (secondary N) is 1. The molecule has 1 N–H and O–H groups in total. The smallest absolute Gasteiger partial charge is 0.265 e. The highest BCUT2D eigenvalue weighted by Gasteiger charge is 2.28.